The normalized spacial score (nSPS) is 28.8. The third-order valence-corrected chi connectivity index (χ3v) is 5.69. The highest BCUT2D eigenvalue weighted by Gasteiger charge is 2.64. The van der Waals surface area contributed by atoms with E-state index in [-0.39, 0.29) is 0 Å². The monoisotopic (exact) mass is 418 g/mol. The van der Waals surface area contributed by atoms with Crippen LogP contribution in [-0.4, -0.2) is 0 Å². The number of ether oxygens (including phenoxy) is 1. The van der Waals surface area contributed by atoms with Gasteiger partial charge in [-0.05, 0) is 0 Å². The number of fused-ring (bicyclic) bond motifs is 2. The van der Waals surface area contributed by atoms with Gasteiger partial charge in [-0.1, -0.05) is 48.6 Å². The summed E-state index contributed by atoms with van der Waals surface area (Å²) < 4.78 is 125. The van der Waals surface area contributed by atoms with Gasteiger partial charge in [-0.15, -0.1) is 0 Å². The van der Waals surface area contributed by atoms with Crippen LogP contribution in [0, 0.1) is 0 Å². The lowest BCUT2D eigenvalue weighted by Gasteiger charge is -2.34. The number of hydrogen-bond donors (Lipinski definition) is 0. The molecule has 0 amide bonds. The molecule has 6 aliphatic rings. The van der Waals surface area contributed by atoms with E-state index in [1.807, 2.05) is 0 Å². The van der Waals surface area contributed by atoms with Gasteiger partial charge in [0.05, 0.1) is 0 Å². The summed E-state index contributed by atoms with van der Waals surface area (Å²) in [6, 6.07) is 2.04. The Bertz CT molecular complexity index is 973. The van der Waals surface area contributed by atoms with E-state index in [9.17, 15) is 17.6 Å². The first-order valence-corrected chi connectivity index (χ1v) is 8.54. The Morgan fingerprint density at radius 2 is 0.862 bits per heavy atom. The van der Waals surface area contributed by atoms with Gasteiger partial charge in [-0.2, -0.15) is 35.1 Å². The average Bonchev–Trinajstić information content (AvgIpc) is 3.29. The van der Waals surface area contributed by atoms with E-state index < -0.39 is 69.3 Å². The number of hydrogen-bond acceptors (Lipinski definition) is 1. The van der Waals surface area contributed by atoms with Crippen molar-refractivity contribution in [2.24, 2.45) is 0 Å². The summed E-state index contributed by atoms with van der Waals surface area (Å²) in [6.07, 6.45) is -0.0746. The minimum Gasteiger partial charge on any atom is -0.357 e. The molecule has 0 saturated carbocycles. The summed E-state index contributed by atoms with van der Waals surface area (Å²) >= 11 is 0. The van der Waals surface area contributed by atoms with Crippen molar-refractivity contribution in [2.45, 2.75) is 35.9 Å². The first kappa shape index (κ1) is 18.6. The topological polar surface area (TPSA) is 9.23 Å². The molecule has 0 fully saturated rings. The predicted molar refractivity (Wildman–Crippen MR) is 84.2 cm³/mol. The van der Waals surface area contributed by atoms with Crippen molar-refractivity contribution >= 4 is 0 Å². The zero-order valence-corrected chi connectivity index (χ0v) is 14.2. The maximum absolute atomic E-state index is 15.0. The molecule has 1 nitrogen and oxygen atoms in total. The summed E-state index contributed by atoms with van der Waals surface area (Å²) in [6.45, 7) is 0. The van der Waals surface area contributed by atoms with Gasteiger partial charge in [0.1, 0.15) is 12.2 Å². The molecule has 0 aromatic heterocycles. The van der Waals surface area contributed by atoms with Gasteiger partial charge in [-0.25, -0.2) is 0 Å². The summed E-state index contributed by atoms with van der Waals surface area (Å²) in [5, 5.41) is 0. The molecule has 29 heavy (non-hydrogen) atoms. The molecule has 0 spiro atoms. The van der Waals surface area contributed by atoms with Crippen LogP contribution >= 0.6 is 0 Å². The number of alkyl halides is 8. The standard InChI is InChI=1S/C20H10F8O/c21-17(22)9-1-2-10(4-3-9)18(23,24)20(27,28)12-6-5-11(19(17,25)26)15-13-7-8-14(29-13)16(12)15/h1-8,13-14H/t13-,14+. The number of halogens is 8. The maximum atomic E-state index is 15.0. The Morgan fingerprint density at radius 3 is 1.21 bits per heavy atom. The predicted octanol–water partition coefficient (Wildman–Crippen LogP) is 6.45. The lowest BCUT2D eigenvalue weighted by molar-refractivity contribution is -0.228. The zero-order chi connectivity index (χ0) is 21.0. The second kappa shape index (κ2) is 5.19. The number of benzene rings is 2. The van der Waals surface area contributed by atoms with Crippen molar-refractivity contribution in [3.63, 3.8) is 0 Å². The molecular weight excluding hydrogens is 408 g/mol. The maximum Gasteiger partial charge on any atom is 0.340 e. The minimum absolute atomic E-state index is 0.323. The average molecular weight is 418 g/mol. The summed E-state index contributed by atoms with van der Waals surface area (Å²) in [5.41, 5.74) is -6.18. The van der Waals surface area contributed by atoms with E-state index in [4.69, 9.17) is 4.74 Å². The Labute approximate surface area is 158 Å². The third-order valence-electron chi connectivity index (χ3n) is 5.69. The summed E-state index contributed by atoms with van der Waals surface area (Å²) in [5.74, 6) is -19.1. The van der Waals surface area contributed by atoms with Gasteiger partial charge in [0, 0.05) is 33.4 Å². The molecule has 0 saturated heterocycles. The molecule has 6 bridgehead atoms. The van der Waals surface area contributed by atoms with Gasteiger partial charge in [-0.3, -0.25) is 0 Å². The van der Waals surface area contributed by atoms with Gasteiger partial charge in [0.2, 0.25) is 0 Å². The highest BCUT2D eigenvalue weighted by atomic mass is 19.3. The van der Waals surface area contributed by atoms with Crippen LogP contribution in [0.1, 0.15) is 45.6 Å². The first-order valence-electron chi connectivity index (χ1n) is 8.54. The molecular formula is C20H10F8O. The van der Waals surface area contributed by atoms with Gasteiger partial charge < -0.3 is 4.74 Å². The number of rotatable bonds is 0. The molecule has 4 aliphatic carbocycles. The molecule has 2 aromatic rings. The lowest BCUT2D eigenvalue weighted by Crippen LogP contribution is -2.40. The first-order chi connectivity index (χ1) is 13.4. The molecule has 0 radical (unpaired) electrons. The molecule has 2 aliphatic heterocycles. The lowest BCUT2D eigenvalue weighted by atomic mass is 9.80. The largest absolute Gasteiger partial charge is 0.357 e. The minimum atomic E-state index is -4.80. The quantitative estimate of drug-likeness (QED) is 0.353. The van der Waals surface area contributed by atoms with Crippen molar-refractivity contribution in [3.8, 4) is 0 Å². The van der Waals surface area contributed by atoms with Crippen molar-refractivity contribution in [1.82, 2.24) is 0 Å². The second-order valence-corrected chi connectivity index (χ2v) is 7.23. The molecule has 152 valence electrons. The highest BCUT2D eigenvalue weighted by Crippen LogP contribution is 2.61. The van der Waals surface area contributed by atoms with Crippen LogP contribution in [0.5, 0.6) is 0 Å². The third kappa shape index (κ3) is 2.04. The van der Waals surface area contributed by atoms with Crippen molar-refractivity contribution < 1.29 is 39.9 Å². The van der Waals surface area contributed by atoms with Gasteiger partial charge >= 0.3 is 23.7 Å². The zero-order valence-electron chi connectivity index (χ0n) is 14.2. The molecule has 8 rings (SSSR count). The van der Waals surface area contributed by atoms with Crippen LogP contribution in [-0.2, 0) is 28.4 Å². The second-order valence-electron chi connectivity index (χ2n) is 7.23. The van der Waals surface area contributed by atoms with E-state index in [1.54, 1.807) is 0 Å². The summed E-state index contributed by atoms with van der Waals surface area (Å²) in [7, 11) is 0. The Balaban J connectivity index is 1.92. The molecule has 9 heteroatoms. The van der Waals surface area contributed by atoms with Crippen LogP contribution in [0.25, 0.3) is 0 Å². The fourth-order valence-corrected chi connectivity index (χ4v) is 4.17. The van der Waals surface area contributed by atoms with Crippen molar-refractivity contribution in [2.75, 3.05) is 0 Å². The SMILES string of the molecule is FC1(F)c2ccc(cc2)C(F)(F)C(F)(F)c2ccc(c3c2[C@H]2C=C[C@@H]3O2)C1(F)F. The Hall–Kier alpha value is -2.42. The Kier molecular flexibility index (Phi) is 3.33. The van der Waals surface area contributed by atoms with E-state index in [0.29, 0.717) is 36.4 Å². The molecule has 2 heterocycles. The van der Waals surface area contributed by atoms with Gasteiger partial charge in [0.25, 0.3) is 0 Å². The molecule has 0 unspecified atom stereocenters. The van der Waals surface area contributed by atoms with E-state index >= 15 is 17.6 Å². The van der Waals surface area contributed by atoms with Crippen molar-refractivity contribution in [1.29, 1.82) is 0 Å². The van der Waals surface area contributed by atoms with Crippen LogP contribution in [0.3, 0.4) is 0 Å². The fraction of sp³-hybridized carbons (Fsp3) is 0.300. The smallest absolute Gasteiger partial charge is 0.340 e. The van der Waals surface area contributed by atoms with Crippen LogP contribution < -0.4 is 0 Å². The van der Waals surface area contributed by atoms with E-state index in [1.165, 1.54) is 12.2 Å². The van der Waals surface area contributed by atoms with Crippen LogP contribution in [0.4, 0.5) is 35.1 Å². The molecule has 2 aromatic carbocycles. The highest BCUT2D eigenvalue weighted by molar-refractivity contribution is 5.56. The fourth-order valence-electron chi connectivity index (χ4n) is 4.17. The molecule has 2 atom stereocenters. The van der Waals surface area contributed by atoms with E-state index in [2.05, 4.69) is 0 Å². The van der Waals surface area contributed by atoms with Gasteiger partial charge in [0.15, 0.2) is 0 Å². The van der Waals surface area contributed by atoms with E-state index in [0.717, 1.165) is 0 Å². The van der Waals surface area contributed by atoms with Crippen LogP contribution in [0.2, 0.25) is 0 Å². The van der Waals surface area contributed by atoms with Crippen LogP contribution in [0.15, 0.2) is 48.6 Å². The summed E-state index contributed by atoms with van der Waals surface area (Å²) in [4.78, 5) is 0. The van der Waals surface area contributed by atoms with Crippen molar-refractivity contribution in [3.05, 3.63) is 81.9 Å². The molecule has 0 N–H and O–H groups in total. The Morgan fingerprint density at radius 1 is 0.517 bits per heavy atom.